The molecule has 0 aromatic heterocycles. The summed E-state index contributed by atoms with van der Waals surface area (Å²) in [5, 5.41) is 0. The van der Waals surface area contributed by atoms with Gasteiger partial charge in [0.05, 0.1) is 0 Å². The van der Waals surface area contributed by atoms with Crippen molar-refractivity contribution in [2.75, 3.05) is 51.2 Å². The molecule has 3 aliphatic rings. The van der Waals surface area contributed by atoms with Gasteiger partial charge in [-0.15, -0.1) is 0 Å². The predicted octanol–water partition coefficient (Wildman–Crippen LogP) is 5.58. The van der Waals surface area contributed by atoms with E-state index in [1.165, 1.54) is 67.4 Å². The van der Waals surface area contributed by atoms with Crippen LogP contribution >= 0.6 is 7.19 Å². The van der Waals surface area contributed by atoms with Gasteiger partial charge in [-0.05, 0) is 71.6 Å². The fourth-order valence-corrected chi connectivity index (χ4v) is 8.99. The largest absolute Gasteiger partial charge is 0.398 e. The molecular formula is C29H41N4P. The smallest absolute Gasteiger partial charge is 0.0366 e. The van der Waals surface area contributed by atoms with E-state index in [0.717, 1.165) is 36.8 Å². The van der Waals surface area contributed by atoms with Crippen LogP contribution in [-0.2, 0) is 6.42 Å². The van der Waals surface area contributed by atoms with Crippen molar-refractivity contribution in [1.29, 1.82) is 0 Å². The molecule has 0 saturated carbocycles. The van der Waals surface area contributed by atoms with Crippen LogP contribution in [-0.4, -0.2) is 66.0 Å². The molecular weight excluding hydrogens is 435 g/mol. The van der Waals surface area contributed by atoms with Crippen LogP contribution in [0.2, 0.25) is 0 Å². The quantitative estimate of drug-likeness (QED) is 0.291. The molecule has 3 fully saturated rings. The van der Waals surface area contributed by atoms with Crippen LogP contribution in [0.4, 0.5) is 5.69 Å². The van der Waals surface area contributed by atoms with Crippen molar-refractivity contribution < 1.29 is 0 Å². The summed E-state index contributed by atoms with van der Waals surface area (Å²) in [6.07, 6.45) is 9.30. The van der Waals surface area contributed by atoms with Gasteiger partial charge in [-0.2, -0.15) is 0 Å². The first kappa shape index (κ1) is 23.7. The van der Waals surface area contributed by atoms with Gasteiger partial charge in [-0.25, -0.2) is 0 Å². The van der Waals surface area contributed by atoms with E-state index < -0.39 is 7.19 Å². The van der Waals surface area contributed by atoms with E-state index in [2.05, 4.69) is 77.1 Å². The molecule has 2 aromatic rings. The summed E-state index contributed by atoms with van der Waals surface area (Å²) in [6.45, 7) is 16.3. The molecule has 2 N–H and O–H groups in total. The highest BCUT2D eigenvalue weighted by atomic mass is 31.2. The Balaban J connectivity index is 1.30. The topological polar surface area (TPSA) is 35.3 Å². The third kappa shape index (κ3) is 5.15. The fraction of sp³-hybridized carbons (Fsp3) is 0.483. The molecule has 0 aliphatic carbocycles. The number of anilines is 1. The number of nitrogen functional groups attached to an aromatic ring is 1. The van der Waals surface area contributed by atoms with E-state index in [0.29, 0.717) is 5.92 Å². The Morgan fingerprint density at radius 1 is 1.03 bits per heavy atom. The maximum atomic E-state index is 6.46. The highest BCUT2D eigenvalue weighted by Gasteiger charge is 2.42. The van der Waals surface area contributed by atoms with Gasteiger partial charge in [0.25, 0.3) is 0 Å². The number of hydrogen-bond acceptors (Lipinski definition) is 4. The zero-order valence-electron chi connectivity index (χ0n) is 21.0. The van der Waals surface area contributed by atoms with Crippen LogP contribution in [0.1, 0.15) is 54.9 Å². The van der Waals surface area contributed by atoms with Crippen LogP contribution in [0.3, 0.4) is 0 Å². The van der Waals surface area contributed by atoms with E-state index in [4.69, 9.17) is 12.0 Å². The summed E-state index contributed by atoms with van der Waals surface area (Å²) in [7, 11) is -1.37. The highest BCUT2D eigenvalue weighted by molar-refractivity contribution is 7.69. The molecule has 182 valence electrons. The molecule has 5 rings (SSSR count). The standard InChI is InChI=1S/C29H41N4P/c1-22-10-12-31(13-11-22)24(3)27-7-5-6-25(18-27)19-28-20-26(8-9-29(28)30)23(2)21-34(4,32-14-15-32)33-16-17-33/h5-9,18,20,22-23H,3-4,10-17,19,21,30H2,1-2H3. The Hall–Kier alpha value is -2.00. The van der Waals surface area contributed by atoms with Crippen LogP contribution in [0.5, 0.6) is 0 Å². The van der Waals surface area contributed by atoms with Crippen molar-refractivity contribution in [1.82, 2.24) is 14.2 Å². The van der Waals surface area contributed by atoms with E-state index in [1.54, 1.807) is 0 Å². The summed E-state index contributed by atoms with van der Waals surface area (Å²) in [4.78, 5) is 2.45. The number of nitrogens with zero attached hydrogens (tertiary/aromatic N) is 3. The minimum Gasteiger partial charge on any atom is -0.398 e. The van der Waals surface area contributed by atoms with Crippen LogP contribution in [0.25, 0.3) is 5.70 Å². The van der Waals surface area contributed by atoms with Gasteiger partial charge in [0.1, 0.15) is 0 Å². The van der Waals surface area contributed by atoms with Gasteiger partial charge >= 0.3 is 0 Å². The minimum absolute atomic E-state index is 0.485. The van der Waals surface area contributed by atoms with E-state index >= 15 is 0 Å². The first-order valence-electron chi connectivity index (χ1n) is 13.0. The zero-order chi connectivity index (χ0) is 23.9. The van der Waals surface area contributed by atoms with Crippen LogP contribution < -0.4 is 5.73 Å². The molecule has 3 saturated heterocycles. The number of nitrogens with two attached hydrogens (primary N) is 1. The zero-order valence-corrected chi connectivity index (χ0v) is 21.9. The van der Waals surface area contributed by atoms with E-state index in [1.807, 2.05) is 0 Å². The summed E-state index contributed by atoms with van der Waals surface area (Å²) < 4.78 is 5.24. The molecule has 3 heterocycles. The van der Waals surface area contributed by atoms with Crippen LogP contribution in [0.15, 0.2) is 49.0 Å². The molecule has 0 bridgehead atoms. The molecule has 4 nitrogen and oxygen atoms in total. The Morgan fingerprint density at radius 2 is 1.71 bits per heavy atom. The number of benzene rings is 2. The molecule has 0 spiro atoms. The fourth-order valence-electron chi connectivity index (χ4n) is 5.41. The van der Waals surface area contributed by atoms with Crippen molar-refractivity contribution in [3.05, 3.63) is 71.3 Å². The number of piperidine rings is 1. The molecule has 3 aliphatic heterocycles. The average Bonchev–Trinajstić information content (AvgIpc) is 3.72. The van der Waals surface area contributed by atoms with Crippen molar-refractivity contribution in [3.63, 3.8) is 0 Å². The molecule has 0 amide bonds. The Morgan fingerprint density at radius 3 is 2.35 bits per heavy atom. The Bertz CT molecular complexity index is 1080. The van der Waals surface area contributed by atoms with Gasteiger partial charge in [-0.1, -0.05) is 57.1 Å². The second kappa shape index (κ2) is 9.57. The second-order valence-electron chi connectivity index (χ2n) is 10.8. The molecule has 34 heavy (non-hydrogen) atoms. The Labute approximate surface area is 206 Å². The minimum atomic E-state index is -1.37. The third-order valence-corrected chi connectivity index (χ3v) is 12.1. The van der Waals surface area contributed by atoms with Gasteiger partial charge < -0.3 is 10.6 Å². The molecule has 5 heteroatoms. The SMILES string of the molecule is C=C(c1cccc(Cc2cc(C(C)CP(=C)(N3CC3)N3CC3)ccc2N)c1)N1CCC(C)CC1. The van der Waals surface area contributed by atoms with E-state index in [-0.39, 0.29) is 0 Å². The highest BCUT2D eigenvalue weighted by Crippen LogP contribution is 2.61. The van der Waals surface area contributed by atoms with Crippen molar-refractivity contribution in [2.24, 2.45) is 5.92 Å². The van der Waals surface area contributed by atoms with Gasteiger partial charge in [0, 0.05) is 57.8 Å². The maximum Gasteiger partial charge on any atom is 0.0366 e. The normalized spacial score (nSPS) is 20.4. The van der Waals surface area contributed by atoms with Crippen molar-refractivity contribution in [3.8, 4) is 0 Å². The average molecular weight is 477 g/mol. The van der Waals surface area contributed by atoms with Gasteiger partial charge in [0.15, 0.2) is 0 Å². The summed E-state index contributed by atoms with van der Waals surface area (Å²) in [5.41, 5.74) is 13.7. The lowest BCUT2D eigenvalue weighted by Gasteiger charge is -2.33. The van der Waals surface area contributed by atoms with E-state index in [9.17, 15) is 0 Å². The molecule has 1 atom stereocenters. The van der Waals surface area contributed by atoms with Crippen molar-refractivity contribution in [2.45, 2.75) is 39.0 Å². The van der Waals surface area contributed by atoms with Gasteiger partial charge in [0.2, 0.25) is 0 Å². The summed E-state index contributed by atoms with van der Waals surface area (Å²) >= 11 is 0. The van der Waals surface area contributed by atoms with Gasteiger partial charge in [-0.3, -0.25) is 9.34 Å². The monoisotopic (exact) mass is 476 g/mol. The molecule has 0 radical (unpaired) electrons. The Kier molecular flexibility index (Phi) is 6.68. The third-order valence-electron chi connectivity index (χ3n) is 8.02. The second-order valence-corrected chi connectivity index (χ2v) is 14.1. The molecule has 2 aromatic carbocycles. The predicted molar refractivity (Wildman–Crippen MR) is 150 cm³/mol. The number of hydrogen-bond donors (Lipinski definition) is 1. The van der Waals surface area contributed by atoms with Crippen molar-refractivity contribution >= 4 is 24.9 Å². The van der Waals surface area contributed by atoms with Crippen LogP contribution in [0, 0.1) is 5.92 Å². The first-order valence-corrected chi connectivity index (χ1v) is 15.0. The number of likely N-dealkylation sites (tertiary alicyclic amines) is 1. The lowest BCUT2D eigenvalue weighted by atomic mass is 9.94. The summed E-state index contributed by atoms with van der Waals surface area (Å²) in [5.74, 6) is 1.31. The summed E-state index contributed by atoms with van der Waals surface area (Å²) in [6, 6.07) is 15.6. The number of rotatable bonds is 9. The maximum absolute atomic E-state index is 6.46. The lowest BCUT2D eigenvalue weighted by Crippen LogP contribution is -2.31. The molecule has 1 unspecified atom stereocenters. The first-order chi connectivity index (χ1) is 16.3. The lowest BCUT2D eigenvalue weighted by molar-refractivity contribution is 0.268.